The maximum atomic E-state index is 11.9. The number of carbonyl (C=O) groups is 1. The van der Waals surface area contributed by atoms with E-state index in [0.29, 0.717) is 11.3 Å². The van der Waals surface area contributed by atoms with Gasteiger partial charge in [-0.25, -0.2) is 4.79 Å². The molecule has 0 radical (unpaired) electrons. The number of likely N-dealkylation sites (tertiary alicyclic amines) is 1. The fourth-order valence-corrected chi connectivity index (χ4v) is 2.43. The Morgan fingerprint density at radius 3 is 2.56 bits per heavy atom. The van der Waals surface area contributed by atoms with Crippen molar-refractivity contribution in [3.63, 3.8) is 0 Å². The Balaban J connectivity index is 1.76. The summed E-state index contributed by atoms with van der Waals surface area (Å²) >= 11 is 0. The van der Waals surface area contributed by atoms with Gasteiger partial charge >= 0.3 is 6.03 Å². The smallest absolute Gasteiger partial charge is 0.317 e. The maximum Gasteiger partial charge on any atom is 0.317 e. The highest BCUT2D eigenvalue weighted by Crippen LogP contribution is 2.35. The van der Waals surface area contributed by atoms with Crippen LogP contribution in [0.5, 0.6) is 0 Å². The minimum Gasteiger partial charge on any atom is -0.335 e. The molecule has 2 N–H and O–H groups in total. The Hall–Kier alpha value is -0.770. The van der Waals surface area contributed by atoms with Crippen LogP contribution in [0.4, 0.5) is 4.79 Å². The van der Waals surface area contributed by atoms with Crippen LogP contribution in [0.15, 0.2) is 0 Å². The quantitative estimate of drug-likeness (QED) is 0.737. The lowest BCUT2D eigenvalue weighted by molar-refractivity contribution is 0.0461. The van der Waals surface area contributed by atoms with Crippen LogP contribution in [-0.4, -0.2) is 43.2 Å². The predicted molar refractivity (Wildman–Crippen MR) is 64.3 cm³/mol. The molecule has 0 aromatic heterocycles. The van der Waals surface area contributed by atoms with Crippen molar-refractivity contribution in [1.82, 2.24) is 15.5 Å². The van der Waals surface area contributed by atoms with Crippen molar-refractivity contribution in [2.24, 2.45) is 11.3 Å². The zero-order valence-corrected chi connectivity index (χ0v) is 10.5. The third-order valence-electron chi connectivity index (χ3n) is 4.02. The fraction of sp³-hybridized carbons (Fsp3) is 0.917. The van der Waals surface area contributed by atoms with E-state index >= 15 is 0 Å². The molecule has 1 unspecified atom stereocenters. The average Bonchev–Trinajstić information content (AvgIpc) is 2.63. The number of nitrogens with one attached hydrogen (secondary N) is 2. The SMILES string of the molecule is CC(C)C(C)NC(=O)N1CC2(CCNC2)C1. The molecule has 2 aliphatic rings. The third kappa shape index (κ3) is 2.17. The van der Waals surface area contributed by atoms with Crippen molar-refractivity contribution in [2.75, 3.05) is 26.2 Å². The average molecular weight is 225 g/mol. The van der Waals surface area contributed by atoms with Crippen molar-refractivity contribution in [3.05, 3.63) is 0 Å². The first kappa shape index (κ1) is 11.7. The molecular formula is C12H23N3O. The van der Waals surface area contributed by atoms with Gasteiger partial charge in [0.1, 0.15) is 0 Å². The summed E-state index contributed by atoms with van der Waals surface area (Å²) in [7, 11) is 0. The van der Waals surface area contributed by atoms with Crippen LogP contribution in [0.3, 0.4) is 0 Å². The van der Waals surface area contributed by atoms with Crippen LogP contribution in [0.1, 0.15) is 27.2 Å². The Labute approximate surface area is 97.8 Å². The summed E-state index contributed by atoms with van der Waals surface area (Å²) < 4.78 is 0. The molecule has 16 heavy (non-hydrogen) atoms. The number of nitrogens with zero attached hydrogens (tertiary/aromatic N) is 1. The molecule has 0 aromatic carbocycles. The molecule has 2 rings (SSSR count). The fourth-order valence-electron chi connectivity index (χ4n) is 2.43. The second-order valence-electron chi connectivity index (χ2n) is 5.77. The lowest BCUT2D eigenvalue weighted by Crippen LogP contribution is -2.62. The van der Waals surface area contributed by atoms with Crippen molar-refractivity contribution in [2.45, 2.75) is 33.2 Å². The molecular weight excluding hydrogens is 202 g/mol. The number of amides is 2. The van der Waals surface area contributed by atoms with E-state index in [9.17, 15) is 4.79 Å². The van der Waals surface area contributed by atoms with E-state index in [-0.39, 0.29) is 12.1 Å². The highest BCUT2D eigenvalue weighted by atomic mass is 16.2. The molecule has 2 heterocycles. The normalized spacial score (nSPS) is 24.6. The molecule has 1 spiro atoms. The lowest BCUT2D eigenvalue weighted by atomic mass is 9.79. The van der Waals surface area contributed by atoms with Gasteiger partial charge in [0.05, 0.1) is 0 Å². The van der Waals surface area contributed by atoms with Crippen molar-refractivity contribution in [3.8, 4) is 0 Å². The number of hydrogen-bond donors (Lipinski definition) is 2. The first-order chi connectivity index (χ1) is 7.52. The van der Waals surface area contributed by atoms with Gasteiger partial charge in [-0.1, -0.05) is 13.8 Å². The minimum absolute atomic E-state index is 0.110. The molecule has 2 amide bonds. The van der Waals surface area contributed by atoms with Crippen molar-refractivity contribution in [1.29, 1.82) is 0 Å². The summed E-state index contributed by atoms with van der Waals surface area (Å²) in [6.45, 7) is 10.4. The lowest BCUT2D eigenvalue weighted by Gasteiger charge is -2.47. The van der Waals surface area contributed by atoms with Gasteiger partial charge in [-0.15, -0.1) is 0 Å². The van der Waals surface area contributed by atoms with E-state index in [0.717, 1.165) is 26.2 Å². The maximum absolute atomic E-state index is 11.9. The largest absolute Gasteiger partial charge is 0.335 e. The van der Waals surface area contributed by atoms with Crippen LogP contribution >= 0.6 is 0 Å². The summed E-state index contributed by atoms with van der Waals surface area (Å²) in [5.41, 5.74) is 0.401. The van der Waals surface area contributed by atoms with Gasteiger partial charge < -0.3 is 15.5 Å². The van der Waals surface area contributed by atoms with Crippen LogP contribution < -0.4 is 10.6 Å². The second-order valence-corrected chi connectivity index (χ2v) is 5.77. The first-order valence-corrected chi connectivity index (χ1v) is 6.29. The van der Waals surface area contributed by atoms with E-state index in [2.05, 4.69) is 31.4 Å². The molecule has 92 valence electrons. The van der Waals surface area contributed by atoms with Gasteiger partial charge in [0, 0.05) is 31.1 Å². The monoisotopic (exact) mass is 225 g/mol. The van der Waals surface area contributed by atoms with Crippen LogP contribution in [0, 0.1) is 11.3 Å². The van der Waals surface area contributed by atoms with Gasteiger partial charge in [0.15, 0.2) is 0 Å². The zero-order chi connectivity index (χ0) is 11.8. The molecule has 2 aliphatic heterocycles. The minimum atomic E-state index is 0.110. The van der Waals surface area contributed by atoms with Crippen LogP contribution in [-0.2, 0) is 0 Å². The predicted octanol–water partition coefficient (Wildman–Crippen LogP) is 1.04. The molecule has 4 nitrogen and oxygen atoms in total. The Morgan fingerprint density at radius 1 is 1.38 bits per heavy atom. The van der Waals surface area contributed by atoms with E-state index in [1.54, 1.807) is 0 Å². The van der Waals surface area contributed by atoms with Crippen molar-refractivity contribution >= 4 is 6.03 Å². The Morgan fingerprint density at radius 2 is 2.06 bits per heavy atom. The summed E-state index contributed by atoms with van der Waals surface area (Å²) in [6.07, 6.45) is 1.22. The standard InChI is InChI=1S/C12H23N3O/c1-9(2)10(3)14-11(16)15-7-12(8-15)4-5-13-6-12/h9-10,13H,4-8H2,1-3H3,(H,14,16). The number of rotatable bonds is 2. The Bertz CT molecular complexity index is 263. The summed E-state index contributed by atoms with van der Waals surface area (Å²) in [6, 6.07) is 0.365. The highest BCUT2D eigenvalue weighted by molar-refractivity contribution is 5.75. The third-order valence-corrected chi connectivity index (χ3v) is 4.02. The summed E-state index contributed by atoms with van der Waals surface area (Å²) in [5.74, 6) is 0.493. The molecule has 0 aromatic rings. The van der Waals surface area contributed by atoms with E-state index in [1.165, 1.54) is 6.42 Å². The van der Waals surface area contributed by atoms with Gasteiger partial charge in [0.2, 0.25) is 0 Å². The Kier molecular flexibility index (Phi) is 3.10. The molecule has 2 saturated heterocycles. The van der Waals surface area contributed by atoms with Gasteiger partial charge in [-0.3, -0.25) is 0 Å². The number of hydrogen-bond acceptors (Lipinski definition) is 2. The van der Waals surface area contributed by atoms with Gasteiger partial charge in [-0.05, 0) is 25.8 Å². The van der Waals surface area contributed by atoms with E-state index in [1.807, 2.05) is 4.90 Å². The summed E-state index contributed by atoms with van der Waals surface area (Å²) in [5, 5.41) is 6.43. The molecule has 0 bridgehead atoms. The first-order valence-electron chi connectivity index (χ1n) is 6.29. The zero-order valence-electron chi connectivity index (χ0n) is 10.5. The molecule has 1 atom stereocenters. The van der Waals surface area contributed by atoms with Gasteiger partial charge in [0.25, 0.3) is 0 Å². The van der Waals surface area contributed by atoms with Gasteiger partial charge in [-0.2, -0.15) is 0 Å². The molecule has 0 saturated carbocycles. The van der Waals surface area contributed by atoms with Crippen LogP contribution in [0.2, 0.25) is 0 Å². The second kappa shape index (κ2) is 4.24. The molecule has 4 heteroatoms. The van der Waals surface area contributed by atoms with E-state index < -0.39 is 0 Å². The number of carbonyl (C=O) groups excluding carboxylic acids is 1. The summed E-state index contributed by atoms with van der Waals surface area (Å²) in [4.78, 5) is 13.8. The van der Waals surface area contributed by atoms with E-state index in [4.69, 9.17) is 0 Å². The van der Waals surface area contributed by atoms with Crippen molar-refractivity contribution < 1.29 is 4.79 Å². The highest BCUT2D eigenvalue weighted by Gasteiger charge is 2.46. The topological polar surface area (TPSA) is 44.4 Å². The number of urea groups is 1. The molecule has 0 aliphatic carbocycles. The van der Waals surface area contributed by atoms with Crippen LogP contribution in [0.25, 0.3) is 0 Å². The molecule has 2 fully saturated rings.